The topological polar surface area (TPSA) is 38.9 Å². The Morgan fingerprint density at radius 3 is 3.08 bits per heavy atom. The van der Waals surface area contributed by atoms with Crippen molar-refractivity contribution in [2.45, 2.75) is 12.3 Å². The van der Waals surface area contributed by atoms with E-state index in [2.05, 4.69) is 20.9 Å². The van der Waals surface area contributed by atoms with Crippen LogP contribution in [-0.2, 0) is 0 Å². The molecule has 1 aromatic rings. The van der Waals surface area contributed by atoms with Gasteiger partial charge < -0.3 is 5.73 Å². The number of hydrogen-bond donors (Lipinski definition) is 1. The summed E-state index contributed by atoms with van der Waals surface area (Å²) in [7, 11) is 0. The molecule has 0 saturated heterocycles. The first-order valence-electron chi connectivity index (χ1n) is 4.13. The van der Waals surface area contributed by atoms with Gasteiger partial charge in [0.05, 0.1) is 5.69 Å². The summed E-state index contributed by atoms with van der Waals surface area (Å²) in [6, 6.07) is 3.97. The quantitative estimate of drug-likeness (QED) is 0.838. The maximum Gasteiger partial charge on any atom is 0.0579 e. The summed E-state index contributed by atoms with van der Waals surface area (Å²) in [5.74, 6) is 1.27. The number of hydrogen-bond acceptors (Lipinski definition) is 2. The van der Waals surface area contributed by atoms with Crippen molar-refractivity contribution in [2.24, 2.45) is 11.7 Å². The predicted octanol–water partition coefficient (Wildman–Crippen LogP) is 1.91. The van der Waals surface area contributed by atoms with Crippen LogP contribution < -0.4 is 5.73 Å². The first-order chi connectivity index (χ1) is 5.83. The van der Waals surface area contributed by atoms with Crippen LogP contribution in [0.2, 0.25) is 0 Å². The highest BCUT2D eigenvalue weighted by Crippen LogP contribution is 2.47. The Labute approximate surface area is 80.3 Å². The van der Waals surface area contributed by atoms with E-state index in [4.69, 9.17) is 5.73 Å². The van der Waals surface area contributed by atoms with Gasteiger partial charge >= 0.3 is 0 Å². The van der Waals surface area contributed by atoms with Crippen LogP contribution in [0.25, 0.3) is 0 Å². The third kappa shape index (κ3) is 1.39. The number of halogens is 1. The first kappa shape index (κ1) is 8.20. The molecular weight excluding hydrogens is 216 g/mol. The van der Waals surface area contributed by atoms with Gasteiger partial charge in [0.25, 0.3) is 0 Å². The van der Waals surface area contributed by atoms with Gasteiger partial charge in [-0.15, -0.1) is 0 Å². The largest absolute Gasteiger partial charge is 0.330 e. The Morgan fingerprint density at radius 1 is 1.67 bits per heavy atom. The van der Waals surface area contributed by atoms with Gasteiger partial charge in [-0.25, -0.2) is 0 Å². The molecular formula is C9H11BrN2. The van der Waals surface area contributed by atoms with Crippen molar-refractivity contribution in [2.75, 3.05) is 6.54 Å². The van der Waals surface area contributed by atoms with E-state index in [0.29, 0.717) is 11.8 Å². The zero-order valence-corrected chi connectivity index (χ0v) is 8.29. The first-order valence-corrected chi connectivity index (χ1v) is 4.92. The van der Waals surface area contributed by atoms with E-state index in [1.54, 1.807) is 0 Å². The average molecular weight is 227 g/mol. The molecule has 0 bridgehead atoms. The lowest BCUT2D eigenvalue weighted by atomic mass is 10.2. The van der Waals surface area contributed by atoms with Crippen molar-refractivity contribution in [3.63, 3.8) is 0 Å². The van der Waals surface area contributed by atoms with E-state index in [1.807, 2.05) is 18.3 Å². The molecule has 1 heterocycles. The zero-order valence-electron chi connectivity index (χ0n) is 6.70. The second-order valence-corrected chi connectivity index (χ2v) is 4.06. The van der Waals surface area contributed by atoms with E-state index in [-0.39, 0.29) is 0 Å². The lowest BCUT2D eigenvalue weighted by Gasteiger charge is -2.00. The fraction of sp³-hybridized carbons (Fsp3) is 0.444. The number of nitrogens with zero attached hydrogens (tertiary/aromatic N) is 1. The van der Waals surface area contributed by atoms with Crippen LogP contribution in [0.1, 0.15) is 18.0 Å². The molecule has 0 aromatic carbocycles. The standard InChI is InChI=1S/C9H11BrN2/c10-8-2-1-3-12-9(8)7-4-6(7)5-11/h1-3,6-7H,4-5,11H2/t6-,7+/m0/s1. The minimum absolute atomic E-state index is 0.602. The molecule has 0 unspecified atom stereocenters. The normalized spacial score (nSPS) is 27.2. The van der Waals surface area contributed by atoms with Crippen LogP contribution in [-0.4, -0.2) is 11.5 Å². The van der Waals surface area contributed by atoms with Gasteiger partial charge in [0.1, 0.15) is 0 Å². The molecule has 1 fully saturated rings. The smallest absolute Gasteiger partial charge is 0.0579 e. The van der Waals surface area contributed by atoms with Crippen molar-refractivity contribution in [3.8, 4) is 0 Å². The van der Waals surface area contributed by atoms with E-state index in [0.717, 1.165) is 11.0 Å². The van der Waals surface area contributed by atoms with Crippen LogP contribution in [0.15, 0.2) is 22.8 Å². The highest BCUT2D eigenvalue weighted by Gasteiger charge is 2.38. The molecule has 1 aliphatic rings. The van der Waals surface area contributed by atoms with Crippen LogP contribution in [0.4, 0.5) is 0 Å². The number of pyridine rings is 1. The minimum Gasteiger partial charge on any atom is -0.330 e. The van der Waals surface area contributed by atoms with Gasteiger partial charge in [0.2, 0.25) is 0 Å². The van der Waals surface area contributed by atoms with E-state index < -0.39 is 0 Å². The Hall–Kier alpha value is -0.410. The molecule has 2 atom stereocenters. The van der Waals surface area contributed by atoms with Crippen molar-refractivity contribution in [1.29, 1.82) is 0 Å². The summed E-state index contributed by atoms with van der Waals surface area (Å²) in [5.41, 5.74) is 6.74. The summed E-state index contributed by atoms with van der Waals surface area (Å²) in [6.45, 7) is 0.785. The molecule has 0 spiro atoms. The van der Waals surface area contributed by atoms with Gasteiger partial charge in [-0.1, -0.05) is 0 Å². The van der Waals surface area contributed by atoms with E-state index in [9.17, 15) is 0 Å². The van der Waals surface area contributed by atoms with Gasteiger partial charge in [0, 0.05) is 16.6 Å². The van der Waals surface area contributed by atoms with Gasteiger partial charge in [-0.2, -0.15) is 0 Å². The number of rotatable bonds is 2. The Bertz CT molecular complexity index is 288. The van der Waals surface area contributed by atoms with Crippen molar-refractivity contribution in [3.05, 3.63) is 28.5 Å². The minimum atomic E-state index is 0.602. The molecule has 1 aliphatic carbocycles. The molecule has 2 N–H and O–H groups in total. The second kappa shape index (κ2) is 3.15. The van der Waals surface area contributed by atoms with Crippen LogP contribution in [0.3, 0.4) is 0 Å². The highest BCUT2D eigenvalue weighted by molar-refractivity contribution is 9.10. The van der Waals surface area contributed by atoms with Crippen molar-refractivity contribution < 1.29 is 0 Å². The second-order valence-electron chi connectivity index (χ2n) is 3.21. The number of nitrogens with two attached hydrogens (primary N) is 1. The van der Waals surface area contributed by atoms with Gasteiger partial charge in [-0.05, 0) is 46.9 Å². The van der Waals surface area contributed by atoms with Crippen LogP contribution in [0.5, 0.6) is 0 Å². The van der Waals surface area contributed by atoms with Gasteiger partial charge in [0.15, 0.2) is 0 Å². The number of aromatic nitrogens is 1. The predicted molar refractivity (Wildman–Crippen MR) is 51.8 cm³/mol. The monoisotopic (exact) mass is 226 g/mol. The fourth-order valence-corrected chi connectivity index (χ4v) is 2.06. The molecule has 2 nitrogen and oxygen atoms in total. The molecule has 0 aliphatic heterocycles. The van der Waals surface area contributed by atoms with Crippen LogP contribution >= 0.6 is 15.9 Å². The van der Waals surface area contributed by atoms with Crippen molar-refractivity contribution >= 4 is 15.9 Å². The molecule has 0 radical (unpaired) electrons. The average Bonchev–Trinajstić information content (AvgIpc) is 2.84. The summed E-state index contributed by atoms with van der Waals surface area (Å²) in [4.78, 5) is 4.34. The molecule has 2 rings (SSSR count). The molecule has 64 valence electrons. The van der Waals surface area contributed by atoms with E-state index >= 15 is 0 Å². The third-order valence-electron chi connectivity index (χ3n) is 2.36. The summed E-state index contributed by atoms with van der Waals surface area (Å²) in [6.07, 6.45) is 3.04. The molecule has 1 aromatic heterocycles. The van der Waals surface area contributed by atoms with Gasteiger partial charge in [-0.3, -0.25) is 4.98 Å². The molecule has 12 heavy (non-hydrogen) atoms. The molecule has 1 saturated carbocycles. The lowest BCUT2D eigenvalue weighted by molar-refractivity contribution is 0.795. The maximum atomic E-state index is 5.57. The summed E-state index contributed by atoms with van der Waals surface area (Å²) >= 11 is 3.49. The maximum absolute atomic E-state index is 5.57. The lowest BCUT2D eigenvalue weighted by Crippen LogP contribution is -2.02. The Balaban J connectivity index is 2.19. The highest BCUT2D eigenvalue weighted by atomic mass is 79.9. The van der Waals surface area contributed by atoms with E-state index in [1.165, 1.54) is 12.1 Å². The Kier molecular flexibility index (Phi) is 2.15. The van der Waals surface area contributed by atoms with Crippen LogP contribution in [0, 0.1) is 5.92 Å². The third-order valence-corrected chi connectivity index (χ3v) is 3.03. The summed E-state index contributed by atoms with van der Waals surface area (Å²) < 4.78 is 1.12. The molecule has 3 heteroatoms. The Morgan fingerprint density at radius 2 is 2.50 bits per heavy atom. The summed E-state index contributed by atoms with van der Waals surface area (Å²) in [5, 5.41) is 0. The SMILES string of the molecule is NC[C@@H]1C[C@H]1c1ncccc1Br. The van der Waals surface area contributed by atoms with Crippen molar-refractivity contribution in [1.82, 2.24) is 4.98 Å². The molecule has 0 amide bonds. The fourth-order valence-electron chi connectivity index (χ4n) is 1.51. The zero-order chi connectivity index (χ0) is 8.55.